The summed E-state index contributed by atoms with van der Waals surface area (Å²) in [6, 6.07) is 22.7. The van der Waals surface area contributed by atoms with Gasteiger partial charge in [-0.3, -0.25) is 9.59 Å². The number of nitrogens with zero attached hydrogens (tertiary/aromatic N) is 1. The molecule has 3 aromatic rings. The van der Waals surface area contributed by atoms with Gasteiger partial charge in [-0.1, -0.05) is 36.4 Å². The molecule has 0 radical (unpaired) electrons. The van der Waals surface area contributed by atoms with Gasteiger partial charge in [-0.2, -0.15) is 0 Å². The number of nitrogens with one attached hydrogen (secondary N) is 2. The molecule has 4 rings (SSSR count). The van der Waals surface area contributed by atoms with Crippen LogP contribution < -0.4 is 15.5 Å². The number of benzene rings is 3. The summed E-state index contributed by atoms with van der Waals surface area (Å²) in [7, 11) is 0. The molecule has 3 aromatic carbocycles. The fourth-order valence-corrected chi connectivity index (χ4v) is 4.63. The van der Waals surface area contributed by atoms with Crippen molar-refractivity contribution in [1.82, 2.24) is 5.32 Å². The Labute approximate surface area is 205 Å². The largest absolute Gasteiger partial charge is 0.394 e. The van der Waals surface area contributed by atoms with Gasteiger partial charge >= 0.3 is 0 Å². The Kier molecular flexibility index (Phi) is 7.48. The molecule has 0 fully saturated rings. The van der Waals surface area contributed by atoms with Crippen LogP contribution in [0.2, 0.25) is 0 Å². The Hall–Kier alpha value is -3.68. The molecule has 0 bridgehead atoms. The molecule has 1 heterocycles. The van der Waals surface area contributed by atoms with Gasteiger partial charge in [-0.15, -0.1) is 0 Å². The predicted molar refractivity (Wildman–Crippen MR) is 137 cm³/mol. The highest BCUT2D eigenvalue weighted by atomic mass is 16.3. The maximum Gasteiger partial charge on any atom is 0.251 e. The lowest BCUT2D eigenvalue weighted by Gasteiger charge is -2.39. The minimum absolute atomic E-state index is 0.0177. The second-order valence-electron chi connectivity index (χ2n) is 8.92. The zero-order valence-electron chi connectivity index (χ0n) is 19.9. The van der Waals surface area contributed by atoms with E-state index in [2.05, 4.69) is 23.6 Å². The summed E-state index contributed by atoms with van der Waals surface area (Å²) in [6.07, 6.45) is 0.779. The molecular formula is C28H31N3O4. The predicted octanol–water partition coefficient (Wildman–Crippen LogP) is 3.73. The highest BCUT2D eigenvalue weighted by Crippen LogP contribution is 2.41. The topological polar surface area (TPSA) is 102 Å². The summed E-state index contributed by atoms with van der Waals surface area (Å²) in [5.41, 5.74) is 5.35. The minimum atomic E-state index is -0.691. The molecular weight excluding hydrogens is 442 g/mol. The number of fused-ring (bicyclic) bond motifs is 1. The molecule has 1 aliphatic heterocycles. The number of hydrogen-bond acceptors (Lipinski definition) is 5. The fraction of sp³-hybridized carbons (Fsp3) is 0.286. The lowest BCUT2D eigenvalue weighted by Crippen LogP contribution is -2.43. The molecule has 0 saturated carbocycles. The van der Waals surface area contributed by atoms with Gasteiger partial charge in [-0.25, -0.2) is 0 Å². The summed E-state index contributed by atoms with van der Waals surface area (Å²) in [4.78, 5) is 26.7. The maximum atomic E-state index is 12.4. The zero-order chi connectivity index (χ0) is 24.9. The summed E-state index contributed by atoms with van der Waals surface area (Å²) < 4.78 is 0. The molecule has 2 atom stereocenters. The summed E-state index contributed by atoms with van der Waals surface area (Å²) in [5, 5.41) is 24.6. The molecule has 0 aliphatic carbocycles. The molecule has 7 nitrogen and oxygen atoms in total. The second kappa shape index (κ2) is 10.7. The van der Waals surface area contributed by atoms with Crippen molar-refractivity contribution in [2.45, 2.75) is 38.4 Å². The van der Waals surface area contributed by atoms with Crippen LogP contribution in [0.5, 0.6) is 0 Å². The fourth-order valence-electron chi connectivity index (χ4n) is 4.63. The van der Waals surface area contributed by atoms with E-state index >= 15 is 0 Å². The Morgan fingerprint density at radius 3 is 2.26 bits per heavy atom. The molecule has 0 aromatic heterocycles. The van der Waals surface area contributed by atoms with Gasteiger partial charge in [0.1, 0.15) is 0 Å². The molecule has 0 saturated heterocycles. The Morgan fingerprint density at radius 1 is 0.971 bits per heavy atom. The van der Waals surface area contributed by atoms with E-state index in [0.717, 1.165) is 34.5 Å². The van der Waals surface area contributed by atoms with E-state index in [0.29, 0.717) is 5.56 Å². The third-order valence-corrected chi connectivity index (χ3v) is 6.39. The van der Waals surface area contributed by atoms with Crippen molar-refractivity contribution in [1.29, 1.82) is 0 Å². The first-order valence-corrected chi connectivity index (χ1v) is 11.8. The van der Waals surface area contributed by atoms with Crippen molar-refractivity contribution in [2.75, 3.05) is 23.4 Å². The molecule has 35 heavy (non-hydrogen) atoms. The van der Waals surface area contributed by atoms with E-state index in [1.54, 1.807) is 19.1 Å². The lowest BCUT2D eigenvalue weighted by atomic mass is 9.88. The molecule has 7 heteroatoms. The van der Waals surface area contributed by atoms with Crippen LogP contribution in [0.4, 0.5) is 11.4 Å². The van der Waals surface area contributed by atoms with Crippen LogP contribution in [-0.2, 0) is 4.79 Å². The highest BCUT2D eigenvalue weighted by Gasteiger charge is 2.32. The first-order valence-electron chi connectivity index (χ1n) is 11.8. The molecule has 182 valence electrons. The number of hydrogen-bond donors (Lipinski definition) is 4. The summed E-state index contributed by atoms with van der Waals surface area (Å²) in [5.74, 6) is -0.336. The van der Waals surface area contributed by atoms with Crippen LogP contribution >= 0.6 is 0 Å². The minimum Gasteiger partial charge on any atom is -0.394 e. The van der Waals surface area contributed by atoms with Crippen LogP contribution in [0, 0.1) is 0 Å². The van der Waals surface area contributed by atoms with Crippen LogP contribution in [-0.4, -0.2) is 47.3 Å². The highest BCUT2D eigenvalue weighted by molar-refractivity contribution is 5.95. The van der Waals surface area contributed by atoms with Crippen molar-refractivity contribution in [3.8, 4) is 11.1 Å². The van der Waals surface area contributed by atoms with Crippen molar-refractivity contribution in [2.24, 2.45) is 0 Å². The number of carbonyl (C=O) groups excluding carboxylic acids is 2. The van der Waals surface area contributed by atoms with Crippen molar-refractivity contribution in [3.05, 3.63) is 83.9 Å². The Balaban J connectivity index is 1.65. The number of para-hydroxylation sites is 1. The third kappa shape index (κ3) is 5.37. The van der Waals surface area contributed by atoms with E-state index in [1.165, 1.54) is 0 Å². The molecule has 4 N–H and O–H groups in total. The van der Waals surface area contributed by atoms with E-state index in [4.69, 9.17) is 0 Å². The molecule has 0 spiro atoms. The number of amides is 2. The maximum absolute atomic E-state index is 12.4. The van der Waals surface area contributed by atoms with E-state index in [9.17, 15) is 19.8 Å². The lowest BCUT2D eigenvalue weighted by molar-refractivity contribution is -0.117. The van der Waals surface area contributed by atoms with E-state index in [1.807, 2.05) is 59.5 Å². The number of carbonyl (C=O) groups is 2. The van der Waals surface area contributed by atoms with Gasteiger partial charge in [0, 0.05) is 29.9 Å². The number of anilines is 2. The second-order valence-corrected chi connectivity index (χ2v) is 8.92. The van der Waals surface area contributed by atoms with E-state index in [-0.39, 0.29) is 37.1 Å². The monoisotopic (exact) mass is 473 g/mol. The first kappa shape index (κ1) is 24.4. The van der Waals surface area contributed by atoms with Gasteiger partial charge in [-0.05, 0) is 66.4 Å². The summed E-state index contributed by atoms with van der Waals surface area (Å²) in [6.45, 7) is 3.01. The summed E-state index contributed by atoms with van der Waals surface area (Å²) >= 11 is 0. The van der Waals surface area contributed by atoms with Crippen molar-refractivity contribution in [3.63, 3.8) is 0 Å². The molecule has 1 aliphatic rings. The normalized spacial score (nSPS) is 17.1. The zero-order valence-corrected chi connectivity index (χ0v) is 19.9. The van der Waals surface area contributed by atoms with Gasteiger partial charge in [0.2, 0.25) is 5.91 Å². The van der Waals surface area contributed by atoms with Gasteiger partial charge in [0.25, 0.3) is 5.91 Å². The molecule has 2 amide bonds. The standard InChI is InChI=1S/C28H31N3O4/c1-18-14-26(29-23-6-4-3-5-7-23)25-15-22(12-13-27(25)31(18)19(2)34)20-8-10-21(11-9-20)28(35)30-24(16-32)17-33/h3-13,15,18,24,26,29,32-33H,14,16-17H2,1-2H3,(H,30,35)/t18-,26+/m0/s1. The third-order valence-electron chi connectivity index (χ3n) is 6.39. The SMILES string of the molecule is CC(=O)N1c2ccc(-c3ccc(C(=O)NC(CO)CO)cc3)cc2[C@H](Nc2ccccc2)C[C@@H]1C. The Morgan fingerprint density at radius 2 is 1.63 bits per heavy atom. The van der Waals surface area contributed by atoms with Crippen molar-refractivity contribution < 1.29 is 19.8 Å². The number of rotatable bonds is 7. The number of aliphatic hydroxyl groups excluding tert-OH is 2. The van der Waals surface area contributed by atoms with Crippen LogP contribution in [0.1, 0.15) is 42.2 Å². The molecule has 0 unspecified atom stereocenters. The van der Waals surface area contributed by atoms with Crippen molar-refractivity contribution >= 4 is 23.2 Å². The van der Waals surface area contributed by atoms with E-state index < -0.39 is 6.04 Å². The van der Waals surface area contributed by atoms with Gasteiger partial charge in [0.15, 0.2) is 0 Å². The van der Waals surface area contributed by atoms with Gasteiger partial charge < -0.3 is 25.7 Å². The average molecular weight is 474 g/mol. The quantitative estimate of drug-likeness (QED) is 0.419. The van der Waals surface area contributed by atoms with Crippen LogP contribution in [0.25, 0.3) is 11.1 Å². The van der Waals surface area contributed by atoms with Gasteiger partial charge in [0.05, 0.1) is 25.3 Å². The Bertz CT molecular complexity index is 1180. The number of aliphatic hydroxyl groups is 2. The van der Waals surface area contributed by atoms with Crippen LogP contribution in [0.15, 0.2) is 72.8 Å². The smallest absolute Gasteiger partial charge is 0.251 e. The first-order chi connectivity index (χ1) is 16.9. The average Bonchev–Trinajstić information content (AvgIpc) is 2.87. The van der Waals surface area contributed by atoms with Crippen LogP contribution in [0.3, 0.4) is 0 Å².